The first-order valence-electron chi connectivity index (χ1n) is 9.24. The predicted octanol–water partition coefficient (Wildman–Crippen LogP) is 2.90. The van der Waals surface area contributed by atoms with Crippen molar-refractivity contribution in [1.29, 1.82) is 0 Å². The molecule has 0 fully saturated rings. The van der Waals surface area contributed by atoms with Crippen molar-refractivity contribution in [3.63, 3.8) is 0 Å². The standard InChI is InChI=1S/C22H25N3O5/c1-22(2,3)25-21(29)17-13-16(9-10-23-17)24-19(26)12-15-11-14(6-8-20(27)28)5-7-18(15)30-4/h5-11,13H,12H2,1-4H3,(H,25,29)(H,27,28)(H,23,24,26). The summed E-state index contributed by atoms with van der Waals surface area (Å²) in [6.07, 6.45) is 3.91. The molecule has 0 aliphatic carbocycles. The number of methoxy groups -OCH3 is 1. The number of amides is 2. The van der Waals surface area contributed by atoms with Crippen molar-refractivity contribution in [2.24, 2.45) is 0 Å². The molecule has 0 saturated carbocycles. The molecule has 0 radical (unpaired) electrons. The molecule has 0 bridgehead atoms. The normalized spacial score (nSPS) is 11.2. The maximum absolute atomic E-state index is 12.5. The Hall–Kier alpha value is -3.68. The number of aromatic nitrogens is 1. The van der Waals surface area contributed by atoms with E-state index in [-0.39, 0.29) is 23.9 Å². The summed E-state index contributed by atoms with van der Waals surface area (Å²) in [5.41, 5.74) is 1.46. The van der Waals surface area contributed by atoms with Gasteiger partial charge in [-0.1, -0.05) is 6.07 Å². The van der Waals surface area contributed by atoms with Gasteiger partial charge in [0.25, 0.3) is 5.91 Å². The van der Waals surface area contributed by atoms with Crippen LogP contribution in [0.15, 0.2) is 42.6 Å². The zero-order valence-electron chi connectivity index (χ0n) is 17.4. The largest absolute Gasteiger partial charge is 0.496 e. The molecular formula is C22H25N3O5. The van der Waals surface area contributed by atoms with Gasteiger partial charge in [-0.05, 0) is 56.7 Å². The summed E-state index contributed by atoms with van der Waals surface area (Å²) < 4.78 is 5.29. The molecule has 1 aromatic carbocycles. The lowest BCUT2D eigenvalue weighted by Gasteiger charge is -2.20. The first-order chi connectivity index (χ1) is 14.1. The highest BCUT2D eigenvalue weighted by molar-refractivity contribution is 5.96. The lowest BCUT2D eigenvalue weighted by atomic mass is 10.1. The molecule has 3 N–H and O–H groups in total. The molecule has 2 amide bonds. The molecule has 0 aliphatic heterocycles. The summed E-state index contributed by atoms with van der Waals surface area (Å²) in [5.74, 6) is -1.20. The molecule has 0 saturated heterocycles. The van der Waals surface area contributed by atoms with Gasteiger partial charge in [-0.2, -0.15) is 0 Å². The van der Waals surface area contributed by atoms with Crippen LogP contribution in [0.25, 0.3) is 6.08 Å². The second-order valence-electron chi connectivity index (χ2n) is 7.60. The number of carboxylic acid groups (broad SMARTS) is 1. The van der Waals surface area contributed by atoms with Crippen molar-refractivity contribution < 1.29 is 24.2 Å². The number of hydrogen-bond donors (Lipinski definition) is 3. The molecule has 0 spiro atoms. The minimum atomic E-state index is -1.06. The van der Waals surface area contributed by atoms with Gasteiger partial charge in [0.1, 0.15) is 11.4 Å². The predicted molar refractivity (Wildman–Crippen MR) is 113 cm³/mol. The van der Waals surface area contributed by atoms with Crippen LogP contribution < -0.4 is 15.4 Å². The van der Waals surface area contributed by atoms with Crippen molar-refractivity contribution in [3.05, 3.63) is 59.4 Å². The summed E-state index contributed by atoms with van der Waals surface area (Å²) in [6, 6.07) is 8.15. The SMILES string of the molecule is COc1ccc(C=CC(=O)O)cc1CC(=O)Nc1ccnc(C(=O)NC(C)(C)C)c1. The highest BCUT2D eigenvalue weighted by atomic mass is 16.5. The van der Waals surface area contributed by atoms with E-state index in [1.165, 1.54) is 25.4 Å². The number of aliphatic carboxylic acids is 1. The third-order valence-corrected chi connectivity index (χ3v) is 3.84. The third-order valence-electron chi connectivity index (χ3n) is 3.84. The summed E-state index contributed by atoms with van der Waals surface area (Å²) in [5, 5.41) is 14.3. The van der Waals surface area contributed by atoms with E-state index in [2.05, 4.69) is 15.6 Å². The monoisotopic (exact) mass is 411 g/mol. The smallest absolute Gasteiger partial charge is 0.328 e. The van der Waals surface area contributed by atoms with E-state index in [4.69, 9.17) is 9.84 Å². The number of carboxylic acids is 1. The quantitative estimate of drug-likeness (QED) is 0.603. The lowest BCUT2D eigenvalue weighted by Crippen LogP contribution is -2.40. The van der Waals surface area contributed by atoms with Crippen molar-refractivity contribution in [3.8, 4) is 5.75 Å². The fourth-order valence-electron chi connectivity index (χ4n) is 2.62. The minimum absolute atomic E-state index is 0.00374. The van der Waals surface area contributed by atoms with Gasteiger partial charge in [-0.3, -0.25) is 14.6 Å². The van der Waals surface area contributed by atoms with E-state index in [0.29, 0.717) is 22.6 Å². The Balaban J connectivity index is 2.14. The van der Waals surface area contributed by atoms with Gasteiger partial charge in [-0.25, -0.2) is 4.79 Å². The summed E-state index contributed by atoms with van der Waals surface area (Å²) >= 11 is 0. The van der Waals surface area contributed by atoms with Crippen LogP contribution in [0.1, 0.15) is 42.4 Å². The maximum atomic E-state index is 12.5. The summed E-state index contributed by atoms with van der Waals surface area (Å²) in [7, 11) is 1.49. The van der Waals surface area contributed by atoms with E-state index < -0.39 is 11.5 Å². The highest BCUT2D eigenvalue weighted by Crippen LogP contribution is 2.22. The number of rotatable bonds is 7. The van der Waals surface area contributed by atoms with Crippen LogP contribution in [-0.4, -0.2) is 40.5 Å². The Labute approximate surface area is 175 Å². The lowest BCUT2D eigenvalue weighted by molar-refractivity contribution is -0.131. The minimum Gasteiger partial charge on any atom is -0.496 e. The molecule has 1 aromatic heterocycles. The van der Waals surface area contributed by atoms with Gasteiger partial charge in [0.05, 0.1) is 13.5 Å². The first kappa shape index (κ1) is 22.6. The van der Waals surface area contributed by atoms with Crippen molar-refractivity contribution in [1.82, 2.24) is 10.3 Å². The number of ether oxygens (including phenoxy) is 1. The number of nitrogens with one attached hydrogen (secondary N) is 2. The fraction of sp³-hybridized carbons (Fsp3) is 0.273. The Morgan fingerprint density at radius 2 is 1.90 bits per heavy atom. The Bertz CT molecular complexity index is 977. The highest BCUT2D eigenvalue weighted by Gasteiger charge is 2.17. The number of hydrogen-bond acceptors (Lipinski definition) is 5. The van der Waals surface area contributed by atoms with Crippen LogP contribution in [0.3, 0.4) is 0 Å². The molecule has 2 rings (SSSR count). The van der Waals surface area contributed by atoms with Crippen molar-refractivity contribution in [2.75, 3.05) is 12.4 Å². The van der Waals surface area contributed by atoms with Crippen LogP contribution in [-0.2, 0) is 16.0 Å². The Morgan fingerprint density at radius 1 is 1.17 bits per heavy atom. The van der Waals surface area contributed by atoms with Gasteiger partial charge < -0.3 is 20.5 Å². The fourth-order valence-corrected chi connectivity index (χ4v) is 2.62. The topological polar surface area (TPSA) is 118 Å². The molecule has 2 aromatic rings. The Morgan fingerprint density at radius 3 is 2.53 bits per heavy atom. The molecule has 0 atom stereocenters. The number of anilines is 1. The van der Waals surface area contributed by atoms with E-state index in [9.17, 15) is 14.4 Å². The van der Waals surface area contributed by atoms with E-state index in [1.807, 2.05) is 20.8 Å². The molecule has 1 heterocycles. The van der Waals surface area contributed by atoms with Gasteiger partial charge in [0.2, 0.25) is 5.91 Å². The van der Waals surface area contributed by atoms with Crippen LogP contribution in [0.2, 0.25) is 0 Å². The average molecular weight is 411 g/mol. The number of pyridine rings is 1. The molecule has 8 heteroatoms. The second-order valence-corrected chi connectivity index (χ2v) is 7.60. The van der Waals surface area contributed by atoms with Gasteiger partial charge in [0.15, 0.2) is 0 Å². The number of benzene rings is 1. The van der Waals surface area contributed by atoms with Gasteiger partial charge in [-0.15, -0.1) is 0 Å². The third kappa shape index (κ3) is 7.05. The van der Waals surface area contributed by atoms with Crippen LogP contribution >= 0.6 is 0 Å². The molecule has 0 unspecified atom stereocenters. The van der Waals surface area contributed by atoms with Crippen molar-refractivity contribution >= 4 is 29.5 Å². The van der Waals surface area contributed by atoms with E-state index in [0.717, 1.165) is 6.08 Å². The van der Waals surface area contributed by atoms with Crippen LogP contribution in [0.4, 0.5) is 5.69 Å². The van der Waals surface area contributed by atoms with E-state index >= 15 is 0 Å². The number of nitrogens with zero attached hydrogens (tertiary/aromatic N) is 1. The Kier molecular flexibility index (Phi) is 7.30. The number of carbonyl (C=O) groups excluding carboxylic acids is 2. The van der Waals surface area contributed by atoms with Gasteiger partial charge in [0, 0.05) is 29.1 Å². The maximum Gasteiger partial charge on any atom is 0.328 e. The summed E-state index contributed by atoms with van der Waals surface area (Å²) in [6.45, 7) is 5.59. The van der Waals surface area contributed by atoms with Crippen LogP contribution in [0.5, 0.6) is 5.75 Å². The average Bonchev–Trinajstić information content (AvgIpc) is 2.65. The number of carbonyl (C=O) groups is 3. The molecular weight excluding hydrogens is 386 g/mol. The molecule has 0 aliphatic rings. The summed E-state index contributed by atoms with van der Waals surface area (Å²) in [4.78, 5) is 39.6. The molecule has 158 valence electrons. The van der Waals surface area contributed by atoms with Gasteiger partial charge >= 0.3 is 5.97 Å². The first-order valence-corrected chi connectivity index (χ1v) is 9.24. The van der Waals surface area contributed by atoms with Crippen LogP contribution in [0, 0.1) is 0 Å². The molecule has 8 nitrogen and oxygen atoms in total. The zero-order valence-corrected chi connectivity index (χ0v) is 17.4. The molecule has 30 heavy (non-hydrogen) atoms. The van der Waals surface area contributed by atoms with E-state index in [1.54, 1.807) is 24.3 Å². The van der Waals surface area contributed by atoms with Crippen molar-refractivity contribution in [2.45, 2.75) is 32.7 Å². The second kappa shape index (κ2) is 9.69. The zero-order chi connectivity index (χ0) is 22.3.